The predicted molar refractivity (Wildman–Crippen MR) is 28.6 cm³/mol. The van der Waals surface area contributed by atoms with Crippen molar-refractivity contribution in [3.8, 4) is 0 Å². The first-order valence-corrected chi connectivity index (χ1v) is 4.65. The molecule has 44 valence electrons. The first kappa shape index (κ1) is 7.10. The Labute approximate surface area is 44.4 Å². The molecule has 0 heterocycles. The van der Waals surface area contributed by atoms with Gasteiger partial charge in [-0.3, -0.25) is 0 Å². The van der Waals surface area contributed by atoms with Crippen LogP contribution in [0, 0.1) is 0 Å². The molecule has 0 aliphatic carbocycles. The highest BCUT2D eigenvalue weighted by atomic mass is 28.2. The monoisotopic (exact) mass is 122 g/mol. The molecule has 0 saturated heterocycles. The van der Waals surface area contributed by atoms with Gasteiger partial charge >= 0.3 is 0 Å². The summed E-state index contributed by atoms with van der Waals surface area (Å²) in [6.45, 7) is 1.89. The molecule has 0 unspecified atom stereocenters. The maximum Gasteiger partial charge on any atom is 0.272 e. The number of aliphatic hydroxyl groups is 3. The molecule has 0 aromatic rings. The molecule has 0 spiro atoms. The van der Waals surface area contributed by atoms with Crippen LogP contribution in [0.1, 0.15) is 0 Å². The third kappa shape index (κ3) is 6.10. The zero-order valence-electron chi connectivity index (χ0n) is 4.26. The van der Waals surface area contributed by atoms with Gasteiger partial charge in [0, 0.05) is 15.6 Å². The molecule has 0 atom stereocenters. The van der Waals surface area contributed by atoms with Crippen LogP contribution in [0.25, 0.3) is 0 Å². The van der Waals surface area contributed by atoms with Gasteiger partial charge in [0.05, 0.1) is 0 Å². The normalized spacial score (nSPS) is 13.7. The molecule has 4 heteroatoms. The van der Waals surface area contributed by atoms with Crippen molar-refractivity contribution in [3.63, 3.8) is 0 Å². The Morgan fingerprint density at radius 2 is 1.86 bits per heavy atom. The van der Waals surface area contributed by atoms with E-state index in [0.29, 0.717) is 0 Å². The van der Waals surface area contributed by atoms with Crippen molar-refractivity contribution < 1.29 is 15.3 Å². The molecule has 3 N–H and O–H groups in total. The standard InChI is InChI=1S/C3H10O3Si/c1-7-2-3(4,5)6/h4-6H,2,7H2,1H3. The van der Waals surface area contributed by atoms with E-state index in [-0.39, 0.29) is 6.04 Å². The van der Waals surface area contributed by atoms with Crippen LogP contribution in [0.15, 0.2) is 0 Å². The van der Waals surface area contributed by atoms with Gasteiger partial charge in [-0.1, -0.05) is 6.55 Å². The highest BCUT2D eigenvalue weighted by Crippen LogP contribution is 1.97. The van der Waals surface area contributed by atoms with Crippen LogP contribution in [0.3, 0.4) is 0 Å². The van der Waals surface area contributed by atoms with Gasteiger partial charge in [0.2, 0.25) is 0 Å². The van der Waals surface area contributed by atoms with E-state index >= 15 is 0 Å². The Morgan fingerprint density at radius 1 is 1.43 bits per heavy atom. The molecule has 0 saturated carbocycles. The third-order valence-corrected chi connectivity index (χ3v) is 1.76. The maximum absolute atomic E-state index is 8.16. The van der Waals surface area contributed by atoms with E-state index in [0.717, 1.165) is 0 Å². The number of hydrogen-bond acceptors (Lipinski definition) is 3. The first-order valence-electron chi connectivity index (χ1n) is 2.23. The Kier molecular flexibility index (Phi) is 2.45. The molecule has 0 rings (SSSR count). The Morgan fingerprint density at radius 3 is 1.86 bits per heavy atom. The summed E-state index contributed by atoms with van der Waals surface area (Å²) >= 11 is 0. The molecular formula is C3H10O3Si. The lowest BCUT2D eigenvalue weighted by molar-refractivity contribution is -0.296. The van der Waals surface area contributed by atoms with Crippen LogP contribution in [0.2, 0.25) is 12.6 Å². The molecule has 3 nitrogen and oxygen atoms in total. The molecule has 0 aromatic carbocycles. The summed E-state index contributed by atoms with van der Waals surface area (Å²) in [5.41, 5.74) is 0. The first-order chi connectivity index (χ1) is 3.06. The molecule has 0 radical (unpaired) electrons. The fourth-order valence-electron chi connectivity index (χ4n) is 0.335. The molecule has 0 fully saturated rings. The average molecular weight is 122 g/mol. The zero-order chi connectivity index (χ0) is 5.91. The topological polar surface area (TPSA) is 60.7 Å². The van der Waals surface area contributed by atoms with Gasteiger partial charge in [-0.2, -0.15) is 0 Å². The van der Waals surface area contributed by atoms with Crippen molar-refractivity contribution >= 4 is 9.52 Å². The van der Waals surface area contributed by atoms with E-state index in [2.05, 4.69) is 0 Å². The van der Waals surface area contributed by atoms with Crippen LogP contribution < -0.4 is 0 Å². The Bertz CT molecular complexity index is 48.6. The molecule has 7 heavy (non-hydrogen) atoms. The molecule has 0 aliphatic heterocycles. The van der Waals surface area contributed by atoms with Crippen molar-refractivity contribution in [2.75, 3.05) is 0 Å². The summed E-state index contributed by atoms with van der Waals surface area (Å²) < 4.78 is 0. The highest BCUT2D eigenvalue weighted by molar-refractivity contribution is 6.33. The quantitative estimate of drug-likeness (QED) is 0.301. The number of hydrogen-bond donors (Lipinski definition) is 3. The second-order valence-corrected chi connectivity index (χ2v) is 3.02. The molecule has 0 bridgehead atoms. The van der Waals surface area contributed by atoms with Crippen molar-refractivity contribution in [1.82, 2.24) is 0 Å². The van der Waals surface area contributed by atoms with Gasteiger partial charge in [0.25, 0.3) is 5.97 Å². The second-order valence-electron chi connectivity index (χ2n) is 1.52. The van der Waals surface area contributed by atoms with Crippen LogP contribution in [0.4, 0.5) is 0 Å². The average Bonchev–Trinajstić information content (AvgIpc) is 1.30. The van der Waals surface area contributed by atoms with E-state index in [1.165, 1.54) is 0 Å². The SMILES string of the molecule is C[SiH2]CC(O)(O)O. The van der Waals surface area contributed by atoms with Crippen molar-refractivity contribution in [3.05, 3.63) is 0 Å². The van der Waals surface area contributed by atoms with Gasteiger partial charge in [0.1, 0.15) is 0 Å². The summed E-state index contributed by atoms with van der Waals surface area (Å²) in [6, 6.07) is 0.146. The minimum Gasteiger partial charge on any atom is -0.344 e. The fraction of sp³-hybridized carbons (Fsp3) is 1.00. The van der Waals surface area contributed by atoms with Crippen molar-refractivity contribution in [2.45, 2.75) is 18.6 Å². The molecular weight excluding hydrogens is 112 g/mol. The zero-order valence-corrected chi connectivity index (χ0v) is 5.67. The van der Waals surface area contributed by atoms with E-state index < -0.39 is 15.5 Å². The summed E-state index contributed by atoms with van der Waals surface area (Å²) in [4.78, 5) is 0. The third-order valence-electron chi connectivity index (χ3n) is 0.585. The van der Waals surface area contributed by atoms with E-state index in [9.17, 15) is 0 Å². The van der Waals surface area contributed by atoms with Gasteiger partial charge < -0.3 is 15.3 Å². The molecule has 0 aromatic heterocycles. The molecule has 0 amide bonds. The van der Waals surface area contributed by atoms with E-state index in [1.54, 1.807) is 0 Å². The molecule has 0 aliphatic rings. The summed E-state index contributed by atoms with van der Waals surface area (Å²) in [6.07, 6.45) is 0. The largest absolute Gasteiger partial charge is 0.344 e. The summed E-state index contributed by atoms with van der Waals surface area (Å²) in [5.74, 6) is -2.39. The van der Waals surface area contributed by atoms with Crippen LogP contribution in [-0.4, -0.2) is 30.8 Å². The lowest BCUT2D eigenvalue weighted by Crippen LogP contribution is -2.27. The van der Waals surface area contributed by atoms with Crippen molar-refractivity contribution in [2.24, 2.45) is 0 Å². The smallest absolute Gasteiger partial charge is 0.272 e. The minimum absolute atomic E-state index is 0.146. The van der Waals surface area contributed by atoms with Crippen LogP contribution in [0.5, 0.6) is 0 Å². The fourth-order valence-corrected chi connectivity index (χ4v) is 1.01. The van der Waals surface area contributed by atoms with Crippen LogP contribution in [-0.2, 0) is 0 Å². The summed E-state index contributed by atoms with van der Waals surface area (Å²) in [7, 11) is -0.440. The van der Waals surface area contributed by atoms with Gasteiger partial charge in [-0.05, 0) is 0 Å². The van der Waals surface area contributed by atoms with Crippen LogP contribution >= 0.6 is 0 Å². The van der Waals surface area contributed by atoms with Crippen molar-refractivity contribution in [1.29, 1.82) is 0 Å². The maximum atomic E-state index is 8.16. The highest BCUT2D eigenvalue weighted by Gasteiger charge is 2.14. The predicted octanol–water partition coefficient (Wildman–Crippen LogP) is -1.75. The number of rotatable bonds is 2. The van der Waals surface area contributed by atoms with Gasteiger partial charge in [-0.25, -0.2) is 0 Å². The van der Waals surface area contributed by atoms with E-state index in [4.69, 9.17) is 15.3 Å². The Balaban J connectivity index is 3.15. The lowest BCUT2D eigenvalue weighted by atomic mass is 10.7. The lowest BCUT2D eigenvalue weighted by Gasteiger charge is -2.10. The minimum atomic E-state index is -2.39. The summed E-state index contributed by atoms with van der Waals surface area (Å²) in [5, 5.41) is 24.5. The van der Waals surface area contributed by atoms with Gasteiger partial charge in [-0.15, -0.1) is 0 Å². The Hall–Kier alpha value is 0.0969. The second kappa shape index (κ2) is 2.42. The van der Waals surface area contributed by atoms with E-state index in [1.807, 2.05) is 6.55 Å². The van der Waals surface area contributed by atoms with Gasteiger partial charge in [0.15, 0.2) is 0 Å².